The monoisotopic (exact) mass is 322 g/mol. The number of hydrogen-bond acceptors (Lipinski definition) is 7. The molecule has 0 aliphatic carbocycles. The summed E-state index contributed by atoms with van der Waals surface area (Å²) >= 11 is 0. The fourth-order valence-electron chi connectivity index (χ4n) is 2.89. The normalized spacial score (nSPS) is 27.7. The van der Waals surface area contributed by atoms with E-state index in [0.29, 0.717) is 0 Å². The van der Waals surface area contributed by atoms with Crippen molar-refractivity contribution < 1.29 is 14.3 Å². The lowest BCUT2D eigenvalue weighted by Gasteiger charge is -2.21. The second kappa shape index (κ2) is 6.19. The van der Waals surface area contributed by atoms with Crippen LogP contribution < -0.4 is 0 Å². The van der Waals surface area contributed by atoms with E-state index in [1.807, 2.05) is 24.3 Å². The Morgan fingerprint density at radius 2 is 1.17 bits per heavy atom. The molecule has 0 aromatic carbocycles. The molecule has 2 aliphatic rings. The van der Waals surface area contributed by atoms with Crippen LogP contribution in [0.1, 0.15) is 23.3 Å². The predicted molar refractivity (Wildman–Crippen MR) is 85.7 cm³/mol. The van der Waals surface area contributed by atoms with Gasteiger partial charge in [-0.2, -0.15) is 0 Å². The maximum atomic E-state index is 13.0. The number of aliphatic imine (C=N–C) groups is 2. The lowest BCUT2D eigenvalue weighted by Crippen LogP contribution is -2.35. The Labute approximate surface area is 138 Å². The van der Waals surface area contributed by atoms with Crippen LogP contribution in [0.4, 0.5) is 0 Å². The molecule has 0 amide bonds. The standard InChI is InChI=1S/C17H14N4O3/c22-15(13-16(23-9-20-13)11-1-5-18-6-2-11)14-17(24-10-21-14)12-3-7-19-8-4-12/h1-10,13-14,16-17H. The first-order valence-corrected chi connectivity index (χ1v) is 7.52. The molecule has 4 unspecified atom stereocenters. The Kier molecular flexibility index (Phi) is 3.74. The van der Waals surface area contributed by atoms with Crippen LogP contribution >= 0.6 is 0 Å². The Balaban J connectivity index is 1.58. The predicted octanol–water partition coefficient (Wildman–Crippen LogP) is 1.68. The number of aromatic nitrogens is 2. The second-order valence-corrected chi connectivity index (χ2v) is 5.48. The van der Waals surface area contributed by atoms with E-state index in [0.717, 1.165) is 11.1 Å². The van der Waals surface area contributed by atoms with Gasteiger partial charge in [-0.1, -0.05) is 0 Å². The maximum absolute atomic E-state index is 13.0. The Hall–Kier alpha value is -3.09. The molecule has 4 heterocycles. The van der Waals surface area contributed by atoms with Gasteiger partial charge in [0.25, 0.3) is 0 Å². The molecule has 0 fully saturated rings. The van der Waals surface area contributed by atoms with E-state index in [1.54, 1.807) is 24.8 Å². The van der Waals surface area contributed by atoms with E-state index in [2.05, 4.69) is 20.0 Å². The fraction of sp³-hybridized carbons (Fsp3) is 0.235. The van der Waals surface area contributed by atoms with Gasteiger partial charge >= 0.3 is 0 Å². The van der Waals surface area contributed by atoms with Crippen molar-refractivity contribution in [3.63, 3.8) is 0 Å². The number of Topliss-reactive ketones (excluding diaryl/α,β-unsaturated/α-hetero) is 1. The fourth-order valence-corrected chi connectivity index (χ4v) is 2.89. The minimum absolute atomic E-state index is 0.138. The number of ether oxygens (including phenoxy) is 2. The average molecular weight is 322 g/mol. The Bertz CT molecular complexity index is 713. The molecule has 0 radical (unpaired) electrons. The van der Waals surface area contributed by atoms with Crippen molar-refractivity contribution in [2.24, 2.45) is 9.98 Å². The second-order valence-electron chi connectivity index (χ2n) is 5.48. The van der Waals surface area contributed by atoms with Crippen LogP contribution in [0, 0.1) is 0 Å². The molecule has 0 N–H and O–H groups in total. The molecule has 2 aromatic heterocycles. The average Bonchev–Trinajstić information content (AvgIpc) is 3.32. The van der Waals surface area contributed by atoms with Gasteiger partial charge in [0.1, 0.15) is 0 Å². The number of rotatable bonds is 4. The summed E-state index contributed by atoms with van der Waals surface area (Å²) in [6.07, 6.45) is 8.38. The number of carbonyl (C=O) groups excluding carboxylic acids is 1. The van der Waals surface area contributed by atoms with Gasteiger partial charge < -0.3 is 9.47 Å². The van der Waals surface area contributed by atoms with Crippen LogP contribution in [-0.4, -0.2) is 40.6 Å². The van der Waals surface area contributed by atoms with Crippen LogP contribution in [0.5, 0.6) is 0 Å². The van der Waals surface area contributed by atoms with Gasteiger partial charge in [0, 0.05) is 24.8 Å². The molecule has 24 heavy (non-hydrogen) atoms. The van der Waals surface area contributed by atoms with Crippen LogP contribution in [0.25, 0.3) is 0 Å². The van der Waals surface area contributed by atoms with Crippen molar-refractivity contribution in [3.8, 4) is 0 Å². The summed E-state index contributed by atoms with van der Waals surface area (Å²) in [4.78, 5) is 29.4. The third kappa shape index (κ3) is 2.54. The number of pyridine rings is 2. The van der Waals surface area contributed by atoms with E-state index in [4.69, 9.17) is 9.47 Å². The molecule has 0 bridgehead atoms. The molecule has 0 spiro atoms. The molecule has 7 nitrogen and oxygen atoms in total. The highest BCUT2D eigenvalue weighted by Gasteiger charge is 2.43. The van der Waals surface area contributed by atoms with Crippen LogP contribution in [0.3, 0.4) is 0 Å². The van der Waals surface area contributed by atoms with Crippen molar-refractivity contribution in [2.75, 3.05) is 0 Å². The Morgan fingerprint density at radius 3 is 1.58 bits per heavy atom. The highest BCUT2D eigenvalue weighted by molar-refractivity contribution is 5.94. The molecule has 7 heteroatoms. The maximum Gasteiger partial charge on any atom is 0.190 e. The molecule has 0 saturated heterocycles. The minimum atomic E-state index is -0.652. The number of nitrogens with zero attached hydrogens (tertiary/aromatic N) is 4. The zero-order valence-electron chi connectivity index (χ0n) is 12.6. The quantitative estimate of drug-likeness (QED) is 0.855. The molecule has 4 rings (SSSR count). The van der Waals surface area contributed by atoms with E-state index >= 15 is 0 Å². The minimum Gasteiger partial charge on any atom is -0.473 e. The van der Waals surface area contributed by atoms with Gasteiger partial charge in [0.05, 0.1) is 0 Å². The summed E-state index contributed by atoms with van der Waals surface area (Å²) in [7, 11) is 0. The van der Waals surface area contributed by atoms with Gasteiger partial charge in [-0.05, 0) is 35.4 Å². The van der Waals surface area contributed by atoms with Gasteiger partial charge in [-0.3, -0.25) is 14.8 Å². The van der Waals surface area contributed by atoms with Gasteiger partial charge in [0.2, 0.25) is 0 Å². The Morgan fingerprint density at radius 1 is 0.750 bits per heavy atom. The van der Waals surface area contributed by atoms with Crippen LogP contribution in [0.15, 0.2) is 59.0 Å². The van der Waals surface area contributed by atoms with Gasteiger partial charge in [0.15, 0.2) is 42.9 Å². The van der Waals surface area contributed by atoms with Crippen molar-refractivity contribution in [1.29, 1.82) is 0 Å². The molecule has 0 saturated carbocycles. The molecule has 2 aromatic rings. The van der Waals surface area contributed by atoms with E-state index in [1.165, 1.54) is 12.8 Å². The highest BCUT2D eigenvalue weighted by atomic mass is 16.5. The first-order chi connectivity index (χ1) is 11.8. The third-order valence-electron chi connectivity index (χ3n) is 4.08. The third-order valence-corrected chi connectivity index (χ3v) is 4.08. The van der Waals surface area contributed by atoms with Crippen molar-refractivity contribution >= 4 is 18.6 Å². The molecule has 4 atom stereocenters. The number of ketones is 1. The molecule has 120 valence electrons. The largest absolute Gasteiger partial charge is 0.473 e. The zero-order valence-corrected chi connectivity index (χ0v) is 12.6. The topological polar surface area (TPSA) is 86.0 Å². The van der Waals surface area contributed by atoms with E-state index in [9.17, 15) is 4.79 Å². The number of hydrogen-bond donors (Lipinski definition) is 0. The summed E-state index contributed by atoms with van der Waals surface area (Å²) in [6, 6.07) is 5.95. The lowest BCUT2D eigenvalue weighted by atomic mass is 9.92. The van der Waals surface area contributed by atoms with Crippen LogP contribution in [-0.2, 0) is 14.3 Å². The number of carbonyl (C=O) groups is 1. The van der Waals surface area contributed by atoms with E-state index < -0.39 is 24.3 Å². The lowest BCUT2D eigenvalue weighted by molar-refractivity contribution is -0.124. The van der Waals surface area contributed by atoms with Gasteiger partial charge in [-0.15, -0.1) is 0 Å². The smallest absolute Gasteiger partial charge is 0.190 e. The summed E-state index contributed by atoms with van der Waals surface area (Å²) in [6.45, 7) is 0. The van der Waals surface area contributed by atoms with Crippen molar-refractivity contribution in [3.05, 3.63) is 60.2 Å². The van der Waals surface area contributed by atoms with Crippen molar-refractivity contribution in [2.45, 2.75) is 24.3 Å². The SMILES string of the molecule is O=C(C1N=COC1c1ccncc1)C1N=COC1c1ccncc1. The van der Waals surface area contributed by atoms with Crippen LogP contribution in [0.2, 0.25) is 0 Å². The summed E-state index contributed by atoms with van der Waals surface area (Å²) in [5, 5.41) is 0. The summed E-state index contributed by atoms with van der Waals surface area (Å²) < 4.78 is 11.1. The molecular weight excluding hydrogens is 308 g/mol. The first-order valence-electron chi connectivity index (χ1n) is 7.52. The summed E-state index contributed by atoms with van der Waals surface area (Å²) in [5.74, 6) is -0.138. The zero-order chi connectivity index (χ0) is 16.4. The van der Waals surface area contributed by atoms with E-state index in [-0.39, 0.29) is 5.78 Å². The molecule has 2 aliphatic heterocycles. The summed E-state index contributed by atoms with van der Waals surface area (Å²) in [5.41, 5.74) is 1.70. The highest BCUT2D eigenvalue weighted by Crippen LogP contribution is 2.33. The molecular formula is C17H14N4O3. The first kappa shape index (κ1) is 14.5. The van der Waals surface area contributed by atoms with Gasteiger partial charge in [-0.25, -0.2) is 9.98 Å². The van der Waals surface area contributed by atoms with Crippen molar-refractivity contribution in [1.82, 2.24) is 9.97 Å².